The molecule has 0 aliphatic carbocycles. The predicted molar refractivity (Wildman–Crippen MR) is 97.4 cm³/mol. The Morgan fingerprint density at radius 1 is 1.31 bits per heavy atom. The van der Waals surface area contributed by atoms with Crippen molar-refractivity contribution in [2.45, 2.75) is 26.8 Å². The summed E-state index contributed by atoms with van der Waals surface area (Å²) in [6.07, 6.45) is 1.53. The molecule has 26 heavy (non-hydrogen) atoms. The fourth-order valence-electron chi connectivity index (χ4n) is 3.10. The highest BCUT2D eigenvalue weighted by Crippen LogP contribution is 2.25. The van der Waals surface area contributed by atoms with Gasteiger partial charge in [-0.15, -0.1) is 0 Å². The summed E-state index contributed by atoms with van der Waals surface area (Å²) in [7, 11) is 1.59. The van der Waals surface area contributed by atoms with E-state index in [1.807, 2.05) is 31.2 Å². The fraction of sp³-hybridized carbons (Fsp3) is 0.368. The van der Waals surface area contributed by atoms with Crippen molar-refractivity contribution in [1.82, 2.24) is 14.9 Å². The molecule has 2 amide bonds. The Morgan fingerprint density at radius 2 is 2.08 bits per heavy atom. The van der Waals surface area contributed by atoms with Crippen LogP contribution in [-0.2, 0) is 4.79 Å². The number of ether oxygens (including phenoxy) is 1. The van der Waals surface area contributed by atoms with Gasteiger partial charge in [0.15, 0.2) is 0 Å². The molecule has 1 fully saturated rings. The third-order valence-electron chi connectivity index (χ3n) is 4.54. The van der Waals surface area contributed by atoms with Gasteiger partial charge in [-0.3, -0.25) is 9.59 Å². The van der Waals surface area contributed by atoms with Gasteiger partial charge >= 0.3 is 0 Å². The minimum atomic E-state index is -0.214. The Hall–Kier alpha value is -2.96. The van der Waals surface area contributed by atoms with Crippen LogP contribution < -0.4 is 9.64 Å². The van der Waals surface area contributed by atoms with Crippen LogP contribution in [0.15, 0.2) is 30.5 Å². The number of carbonyl (C=O) groups excluding carboxylic acids is 2. The molecule has 0 unspecified atom stereocenters. The molecule has 0 N–H and O–H groups in total. The molecule has 1 saturated heterocycles. The molecule has 3 rings (SSSR count). The first-order valence-corrected chi connectivity index (χ1v) is 8.46. The standard InChI is InChI=1S/C19H22N4O3/c1-12-10-23(15-6-5-7-16(8-15)26-4)18(24)11-22(12)19(25)17-9-20-14(3)21-13(17)2/h5-9,12H,10-11H2,1-4H3/t12-/m1/s1. The molecule has 0 saturated carbocycles. The Labute approximate surface area is 152 Å². The summed E-state index contributed by atoms with van der Waals surface area (Å²) in [5, 5.41) is 0. The van der Waals surface area contributed by atoms with Crippen molar-refractivity contribution >= 4 is 17.5 Å². The summed E-state index contributed by atoms with van der Waals surface area (Å²) in [5.74, 6) is 0.962. The van der Waals surface area contributed by atoms with Gasteiger partial charge in [-0.25, -0.2) is 9.97 Å². The molecular formula is C19H22N4O3. The largest absolute Gasteiger partial charge is 0.497 e. The zero-order valence-electron chi connectivity index (χ0n) is 15.4. The van der Waals surface area contributed by atoms with Crippen molar-refractivity contribution in [3.63, 3.8) is 0 Å². The highest BCUT2D eigenvalue weighted by atomic mass is 16.5. The van der Waals surface area contributed by atoms with E-state index in [2.05, 4.69) is 9.97 Å². The summed E-state index contributed by atoms with van der Waals surface area (Å²) >= 11 is 0. The normalized spacial score (nSPS) is 17.4. The Bertz CT molecular complexity index is 852. The predicted octanol–water partition coefficient (Wildman–Crippen LogP) is 1.98. The smallest absolute Gasteiger partial charge is 0.258 e. The molecule has 1 aliphatic rings. The van der Waals surface area contributed by atoms with Gasteiger partial charge in [0.05, 0.1) is 18.4 Å². The molecule has 1 atom stereocenters. The number of aryl methyl sites for hydroxylation is 2. The van der Waals surface area contributed by atoms with Crippen molar-refractivity contribution < 1.29 is 14.3 Å². The average Bonchev–Trinajstić information content (AvgIpc) is 2.63. The third-order valence-corrected chi connectivity index (χ3v) is 4.54. The molecule has 2 heterocycles. The SMILES string of the molecule is COc1cccc(N2C[C@@H](C)N(C(=O)c3cnc(C)nc3C)CC2=O)c1. The first-order valence-electron chi connectivity index (χ1n) is 8.46. The lowest BCUT2D eigenvalue weighted by molar-refractivity contribution is -0.121. The van der Waals surface area contributed by atoms with E-state index < -0.39 is 0 Å². The van der Waals surface area contributed by atoms with Gasteiger partial charge in [-0.2, -0.15) is 0 Å². The second kappa shape index (κ2) is 7.11. The highest BCUT2D eigenvalue weighted by Gasteiger charge is 2.34. The van der Waals surface area contributed by atoms with E-state index in [1.54, 1.807) is 30.8 Å². The molecule has 7 nitrogen and oxygen atoms in total. The number of aromatic nitrogens is 2. The van der Waals surface area contributed by atoms with Crippen LogP contribution in [0, 0.1) is 13.8 Å². The van der Waals surface area contributed by atoms with Crippen molar-refractivity contribution in [3.8, 4) is 5.75 Å². The monoisotopic (exact) mass is 354 g/mol. The van der Waals surface area contributed by atoms with Gasteiger partial charge in [0.25, 0.3) is 5.91 Å². The zero-order valence-corrected chi connectivity index (χ0v) is 15.4. The molecule has 0 radical (unpaired) electrons. The molecule has 2 aromatic rings. The minimum absolute atomic E-state index is 0.0184. The van der Waals surface area contributed by atoms with E-state index in [4.69, 9.17) is 4.74 Å². The molecule has 7 heteroatoms. The molecule has 1 aliphatic heterocycles. The van der Waals surface area contributed by atoms with Crippen LogP contribution in [0.3, 0.4) is 0 Å². The first-order chi connectivity index (χ1) is 12.4. The van der Waals surface area contributed by atoms with E-state index in [9.17, 15) is 9.59 Å². The number of nitrogens with zero attached hydrogens (tertiary/aromatic N) is 4. The number of methoxy groups -OCH3 is 1. The van der Waals surface area contributed by atoms with Crippen molar-refractivity contribution in [3.05, 3.63) is 47.5 Å². The van der Waals surface area contributed by atoms with E-state index in [0.717, 1.165) is 5.69 Å². The van der Waals surface area contributed by atoms with Gasteiger partial charge in [0, 0.05) is 30.5 Å². The number of carbonyl (C=O) groups is 2. The van der Waals surface area contributed by atoms with Crippen LogP contribution in [0.4, 0.5) is 5.69 Å². The van der Waals surface area contributed by atoms with Gasteiger partial charge in [0.2, 0.25) is 5.91 Å². The topological polar surface area (TPSA) is 75.6 Å². The van der Waals surface area contributed by atoms with Crippen LogP contribution in [0.25, 0.3) is 0 Å². The second-order valence-corrected chi connectivity index (χ2v) is 6.40. The quantitative estimate of drug-likeness (QED) is 0.842. The van der Waals surface area contributed by atoms with E-state index in [1.165, 1.54) is 6.20 Å². The lowest BCUT2D eigenvalue weighted by Crippen LogP contribution is -2.57. The van der Waals surface area contributed by atoms with Gasteiger partial charge in [0.1, 0.15) is 18.1 Å². The van der Waals surface area contributed by atoms with Crippen molar-refractivity contribution in [1.29, 1.82) is 0 Å². The third kappa shape index (κ3) is 3.37. The molecule has 1 aromatic carbocycles. The maximum atomic E-state index is 12.9. The van der Waals surface area contributed by atoms with Gasteiger partial charge < -0.3 is 14.5 Å². The fourth-order valence-corrected chi connectivity index (χ4v) is 3.10. The number of rotatable bonds is 3. The number of hydrogen-bond acceptors (Lipinski definition) is 5. The molecule has 136 valence electrons. The molecule has 0 spiro atoms. The van der Waals surface area contributed by atoms with Gasteiger partial charge in [-0.05, 0) is 32.9 Å². The van der Waals surface area contributed by atoms with Crippen molar-refractivity contribution in [2.24, 2.45) is 0 Å². The van der Waals surface area contributed by atoms with E-state index in [0.29, 0.717) is 29.4 Å². The van der Waals surface area contributed by atoms with Crippen LogP contribution in [0.2, 0.25) is 0 Å². The Morgan fingerprint density at radius 3 is 2.77 bits per heavy atom. The van der Waals surface area contributed by atoms with Crippen molar-refractivity contribution in [2.75, 3.05) is 25.1 Å². The maximum Gasteiger partial charge on any atom is 0.258 e. The second-order valence-electron chi connectivity index (χ2n) is 6.40. The van der Waals surface area contributed by atoms with E-state index >= 15 is 0 Å². The lowest BCUT2D eigenvalue weighted by Gasteiger charge is -2.39. The summed E-state index contributed by atoms with van der Waals surface area (Å²) in [6, 6.07) is 7.23. The van der Waals surface area contributed by atoms with Crippen LogP contribution in [0.5, 0.6) is 5.75 Å². The summed E-state index contributed by atoms with van der Waals surface area (Å²) in [4.78, 5) is 37.2. The first kappa shape index (κ1) is 17.8. The minimum Gasteiger partial charge on any atom is -0.497 e. The highest BCUT2D eigenvalue weighted by molar-refractivity contribution is 6.02. The maximum absolute atomic E-state index is 12.9. The molecular weight excluding hydrogens is 332 g/mol. The van der Waals surface area contributed by atoms with Crippen LogP contribution in [0.1, 0.15) is 28.8 Å². The molecule has 1 aromatic heterocycles. The number of amides is 2. The van der Waals surface area contributed by atoms with Crippen LogP contribution in [-0.4, -0.2) is 52.9 Å². The number of benzene rings is 1. The summed E-state index contributed by atoms with van der Waals surface area (Å²) < 4.78 is 5.23. The van der Waals surface area contributed by atoms with Gasteiger partial charge in [-0.1, -0.05) is 6.07 Å². The lowest BCUT2D eigenvalue weighted by atomic mass is 10.1. The number of hydrogen-bond donors (Lipinski definition) is 0. The Balaban J connectivity index is 1.81. The van der Waals surface area contributed by atoms with E-state index in [-0.39, 0.29) is 24.4 Å². The summed E-state index contributed by atoms with van der Waals surface area (Å²) in [5.41, 5.74) is 1.82. The number of anilines is 1. The average molecular weight is 354 g/mol. The summed E-state index contributed by atoms with van der Waals surface area (Å²) in [6.45, 7) is 5.93. The zero-order chi connectivity index (χ0) is 18.8. The molecule has 0 bridgehead atoms. The number of piperazine rings is 1. The van der Waals surface area contributed by atoms with Crippen LogP contribution >= 0.6 is 0 Å². The Kier molecular flexibility index (Phi) is 4.88.